The fourth-order valence-electron chi connectivity index (χ4n) is 5.42. The highest BCUT2D eigenvalue weighted by atomic mass is 35.5. The fraction of sp³-hybridized carbons (Fsp3) is 0.375. The summed E-state index contributed by atoms with van der Waals surface area (Å²) >= 11 is 12.8. The molecule has 4 unspecified atom stereocenters. The third-order valence-corrected chi connectivity index (χ3v) is 7.36. The largest absolute Gasteiger partial charge is 0.497 e. The fourth-order valence-corrected chi connectivity index (χ4v) is 5.86. The minimum atomic E-state index is -0.401. The summed E-state index contributed by atoms with van der Waals surface area (Å²) in [5.74, 6) is 1.44. The molecule has 2 aliphatic rings. The van der Waals surface area contributed by atoms with Crippen molar-refractivity contribution in [2.75, 3.05) is 13.7 Å². The van der Waals surface area contributed by atoms with Crippen molar-refractivity contribution in [1.29, 1.82) is 0 Å². The number of amides is 1. The second-order valence-corrected chi connectivity index (χ2v) is 8.92. The molecule has 4 atom stereocenters. The Labute approximate surface area is 182 Å². The van der Waals surface area contributed by atoms with Gasteiger partial charge in [0.1, 0.15) is 5.75 Å². The number of methoxy groups -OCH3 is 1. The van der Waals surface area contributed by atoms with Crippen LogP contribution in [0.15, 0.2) is 55.1 Å². The summed E-state index contributed by atoms with van der Waals surface area (Å²) in [6.07, 6.45) is 4.29. The lowest BCUT2D eigenvalue weighted by Crippen LogP contribution is -2.42. The van der Waals surface area contributed by atoms with Crippen LogP contribution in [0.4, 0.5) is 0 Å². The molecular weight excluding hydrogens is 405 g/mol. The van der Waals surface area contributed by atoms with E-state index in [1.807, 2.05) is 30.3 Å². The minimum Gasteiger partial charge on any atom is -0.497 e. The van der Waals surface area contributed by atoms with Crippen LogP contribution in [-0.4, -0.2) is 19.6 Å². The van der Waals surface area contributed by atoms with Crippen molar-refractivity contribution in [3.8, 4) is 5.75 Å². The van der Waals surface area contributed by atoms with Gasteiger partial charge < -0.3 is 10.1 Å². The molecule has 1 heterocycles. The molecule has 3 nitrogen and oxygen atoms in total. The number of carbonyl (C=O) groups is 1. The second kappa shape index (κ2) is 8.04. The first kappa shape index (κ1) is 20.3. The lowest BCUT2D eigenvalue weighted by Gasteiger charge is -2.46. The number of halogens is 2. The molecule has 152 valence electrons. The number of rotatable bonds is 5. The lowest BCUT2D eigenvalue weighted by molar-refractivity contribution is -0.130. The topological polar surface area (TPSA) is 38.3 Å². The zero-order valence-corrected chi connectivity index (χ0v) is 18.0. The lowest BCUT2D eigenvalue weighted by atomic mass is 9.55. The number of hydrogen-bond acceptors (Lipinski definition) is 2. The van der Waals surface area contributed by atoms with Gasteiger partial charge in [0.2, 0.25) is 5.91 Å². The van der Waals surface area contributed by atoms with E-state index in [4.69, 9.17) is 27.9 Å². The van der Waals surface area contributed by atoms with Gasteiger partial charge in [-0.05, 0) is 72.4 Å². The van der Waals surface area contributed by atoms with Crippen LogP contribution in [0.25, 0.3) is 0 Å². The maximum absolute atomic E-state index is 12.9. The first-order valence-electron chi connectivity index (χ1n) is 9.98. The van der Waals surface area contributed by atoms with Crippen molar-refractivity contribution in [3.63, 3.8) is 0 Å². The summed E-state index contributed by atoms with van der Waals surface area (Å²) in [6.45, 7) is 4.60. The summed E-state index contributed by atoms with van der Waals surface area (Å²) in [6, 6.07) is 13.9. The molecule has 4 rings (SSSR count). The van der Waals surface area contributed by atoms with Gasteiger partial charge in [0.05, 0.1) is 12.5 Å². The van der Waals surface area contributed by atoms with Crippen LogP contribution < -0.4 is 10.1 Å². The first-order chi connectivity index (χ1) is 14.0. The van der Waals surface area contributed by atoms with Gasteiger partial charge in [0, 0.05) is 16.6 Å². The van der Waals surface area contributed by atoms with Gasteiger partial charge in [-0.25, -0.2) is 0 Å². The van der Waals surface area contributed by atoms with Crippen LogP contribution in [0.5, 0.6) is 5.75 Å². The highest BCUT2D eigenvalue weighted by Crippen LogP contribution is 2.59. The van der Waals surface area contributed by atoms with Gasteiger partial charge >= 0.3 is 0 Å². The number of fused-ring (bicyclic) bond motifs is 1. The van der Waals surface area contributed by atoms with E-state index < -0.39 is 5.41 Å². The molecule has 1 saturated carbocycles. The molecule has 1 aliphatic heterocycles. The number of nitrogens with one attached hydrogen (secondary N) is 1. The number of hydrogen-bond donors (Lipinski definition) is 1. The van der Waals surface area contributed by atoms with Gasteiger partial charge in [-0.2, -0.15) is 0 Å². The molecule has 29 heavy (non-hydrogen) atoms. The zero-order chi connectivity index (χ0) is 20.6. The van der Waals surface area contributed by atoms with Gasteiger partial charge in [-0.3, -0.25) is 4.79 Å². The standard InChI is InChI=1S/C24H25Cl2NO2/c1-3-11-24-12-10-19(18-9-8-17(29-2)13-21(18)26)22(20(24)14-27-23(24)28)15-4-6-16(25)7-5-15/h3-9,13,19-20,22H,1,10-12,14H2,2H3,(H,27,28). The predicted octanol–water partition coefficient (Wildman–Crippen LogP) is 5.97. The summed E-state index contributed by atoms with van der Waals surface area (Å²) in [5.41, 5.74) is 1.90. The van der Waals surface area contributed by atoms with Crippen LogP contribution >= 0.6 is 23.2 Å². The average molecular weight is 430 g/mol. The molecule has 0 aromatic heterocycles. The molecule has 0 spiro atoms. The van der Waals surface area contributed by atoms with Crippen LogP contribution in [-0.2, 0) is 4.79 Å². The number of benzene rings is 2. The smallest absolute Gasteiger partial charge is 0.226 e. The molecule has 1 N–H and O–H groups in total. The Morgan fingerprint density at radius 3 is 2.66 bits per heavy atom. The average Bonchev–Trinajstić information content (AvgIpc) is 3.05. The third kappa shape index (κ3) is 3.45. The Morgan fingerprint density at radius 2 is 2.00 bits per heavy atom. The van der Waals surface area contributed by atoms with Crippen molar-refractivity contribution in [1.82, 2.24) is 5.32 Å². The monoisotopic (exact) mass is 429 g/mol. The van der Waals surface area contributed by atoms with E-state index in [-0.39, 0.29) is 23.7 Å². The van der Waals surface area contributed by atoms with Crippen molar-refractivity contribution < 1.29 is 9.53 Å². The highest BCUT2D eigenvalue weighted by Gasteiger charge is 2.56. The van der Waals surface area contributed by atoms with Crippen LogP contribution in [0.3, 0.4) is 0 Å². The highest BCUT2D eigenvalue weighted by molar-refractivity contribution is 6.31. The Hall–Kier alpha value is -1.97. The molecule has 1 saturated heterocycles. The van der Waals surface area contributed by atoms with Crippen molar-refractivity contribution >= 4 is 29.1 Å². The number of carbonyl (C=O) groups excluding carboxylic acids is 1. The summed E-state index contributed by atoms with van der Waals surface area (Å²) in [7, 11) is 1.64. The molecule has 2 aromatic rings. The minimum absolute atomic E-state index is 0.153. The van der Waals surface area contributed by atoms with Crippen LogP contribution in [0.2, 0.25) is 10.0 Å². The van der Waals surface area contributed by atoms with Crippen molar-refractivity contribution in [2.24, 2.45) is 11.3 Å². The SMILES string of the molecule is C=CCC12CCC(c3ccc(OC)cc3Cl)C(c3ccc(Cl)cc3)C1CNC2=O. The van der Waals surface area contributed by atoms with Gasteiger partial charge in [-0.15, -0.1) is 6.58 Å². The van der Waals surface area contributed by atoms with E-state index >= 15 is 0 Å². The van der Waals surface area contributed by atoms with Crippen LogP contribution in [0, 0.1) is 11.3 Å². The Bertz CT molecular complexity index is 927. The number of ether oxygens (including phenoxy) is 1. The molecule has 0 bridgehead atoms. The van der Waals surface area contributed by atoms with E-state index in [1.54, 1.807) is 7.11 Å². The quantitative estimate of drug-likeness (QED) is 0.594. The molecule has 1 aliphatic carbocycles. The van der Waals surface area contributed by atoms with Crippen molar-refractivity contribution in [2.45, 2.75) is 31.1 Å². The van der Waals surface area contributed by atoms with Crippen LogP contribution in [0.1, 0.15) is 42.2 Å². The summed E-state index contributed by atoms with van der Waals surface area (Å²) in [5, 5.41) is 4.56. The summed E-state index contributed by atoms with van der Waals surface area (Å²) in [4.78, 5) is 12.9. The Kier molecular flexibility index (Phi) is 5.63. The predicted molar refractivity (Wildman–Crippen MR) is 118 cm³/mol. The zero-order valence-electron chi connectivity index (χ0n) is 16.5. The molecular formula is C24H25Cl2NO2. The third-order valence-electron chi connectivity index (χ3n) is 6.78. The molecule has 1 amide bonds. The normalized spacial score (nSPS) is 28.5. The van der Waals surface area contributed by atoms with E-state index in [0.29, 0.717) is 23.0 Å². The molecule has 5 heteroatoms. The molecule has 0 radical (unpaired) electrons. The maximum Gasteiger partial charge on any atom is 0.226 e. The summed E-state index contributed by atoms with van der Waals surface area (Å²) < 4.78 is 5.33. The number of allylic oxidation sites excluding steroid dienone is 1. The molecule has 2 fully saturated rings. The van der Waals surface area contributed by atoms with Crippen molar-refractivity contribution in [3.05, 3.63) is 76.3 Å². The van der Waals surface area contributed by atoms with E-state index in [2.05, 4.69) is 30.1 Å². The van der Waals surface area contributed by atoms with E-state index in [0.717, 1.165) is 24.2 Å². The van der Waals surface area contributed by atoms with E-state index in [1.165, 1.54) is 5.56 Å². The van der Waals surface area contributed by atoms with Gasteiger partial charge in [0.25, 0.3) is 0 Å². The maximum atomic E-state index is 12.9. The van der Waals surface area contributed by atoms with Gasteiger partial charge in [0.15, 0.2) is 0 Å². The Balaban J connectivity index is 1.82. The Morgan fingerprint density at radius 1 is 1.24 bits per heavy atom. The second-order valence-electron chi connectivity index (χ2n) is 8.08. The molecule has 2 aromatic carbocycles. The van der Waals surface area contributed by atoms with E-state index in [9.17, 15) is 4.79 Å². The van der Waals surface area contributed by atoms with Gasteiger partial charge in [-0.1, -0.05) is 47.5 Å². The first-order valence-corrected chi connectivity index (χ1v) is 10.7.